The summed E-state index contributed by atoms with van der Waals surface area (Å²) in [6.07, 6.45) is 0. The van der Waals surface area contributed by atoms with E-state index in [-0.39, 0.29) is 46.1 Å². The van der Waals surface area contributed by atoms with E-state index < -0.39 is 31.0 Å². The van der Waals surface area contributed by atoms with Gasteiger partial charge in [0.25, 0.3) is 0 Å². The Morgan fingerprint density at radius 2 is 1.12 bits per heavy atom. The van der Waals surface area contributed by atoms with Crippen molar-refractivity contribution in [3.63, 3.8) is 0 Å². The van der Waals surface area contributed by atoms with E-state index in [9.17, 15) is 0 Å². The molecule has 8 heteroatoms. The van der Waals surface area contributed by atoms with Crippen LogP contribution in [0, 0.1) is 0 Å². The van der Waals surface area contributed by atoms with Crippen molar-refractivity contribution in [2.75, 3.05) is 0 Å². The molecule has 0 amide bonds. The van der Waals surface area contributed by atoms with E-state index >= 15 is 0 Å². The van der Waals surface area contributed by atoms with Gasteiger partial charge in [0.05, 0.1) is 0 Å². The number of hydrogen-bond donors (Lipinski definition) is 2. The summed E-state index contributed by atoms with van der Waals surface area (Å²) in [7, 11) is 0. The zero-order valence-corrected chi connectivity index (χ0v) is 8.59. The Balaban J connectivity index is -0.00000000571. The molecule has 0 aromatic carbocycles. The molecular weight excluding hydrogens is 174 g/mol. The van der Waals surface area contributed by atoms with Crippen molar-refractivity contribution in [3.05, 3.63) is 0 Å². The first-order valence-electron chi connectivity index (χ1n) is 0.988. The van der Waals surface area contributed by atoms with Gasteiger partial charge in [0.2, 0.25) is 0 Å². The minimum absolute atomic E-state index is 0. The van der Waals surface area contributed by atoms with Gasteiger partial charge in [-0.3, -0.25) is 0 Å². The summed E-state index contributed by atoms with van der Waals surface area (Å²) in [5.74, 6) is 0. The van der Waals surface area contributed by atoms with Gasteiger partial charge in [-0.1, -0.05) is 0 Å². The molecule has 0 heterocycles. The Hall–Kier alpha value is 1.48. The molecule has 0 aromatic heterocycles. The van der Waals surface area contributed by atoms with Crippen LogP contribution in [-0.4, -0.2) is 82.5 Å². The quantitative estimate of drug-likeness (QED) is 0.385. The van der Waals surface area contributed by atoms with E-state index in [1.807, 2.05) is 0 Å². The molecule has 4 N–H and O–H groups in total. The molecule has 0 radical (unpaired) electrons. The molecular formula is H6Al2CaO5. The Morgan fingerprint density at radius 3 is 1.12 bits per heavy atom. The van der Waals surface area contributed by atoms with Gasteiger partial charge in [0.1, 0.15) is 0 Å². The second kappa shape index (κ2) is 39.1. The van der Waals surface area contributed by atoms with E-state index in [1.54, 1.807) is 0 Å². The fourth-order valence-corrected chi connectivity index (χ4v) is 0. The molecule has 44 valence electrons. The maximum absolute atomic E-state index is 8.57. The van der Waals surface area contributed by atoms with E-state index in [0.29, 0.717) is 0 Å². The second-order valence-electron chi connectivity index (χ2n) is 0.211. The number of hydrogen-bond acceptors (Lipinski definition) is 2. The summed E-state index contributed by atoms with van der Waals surface area (Å²) in [5, 5.41) is 0. The van der Waals surface area contributed by atoms with Gasteiger partial charge in [-0.2, -0.15) is 0 Å². The molecule has 0 fully saturated rings. The van der Waals surface area contributed by atoms with Crippen molar-refractivity contribution in [3.8, 4) is 0 Å². The molecule has 0 aliphatic heterocycles. The van der Waals surface area contributed by atoms with Gasteiger partial charge in [0.15, 0.2) is 0 Å². The van der Waals surface area contributed by atoms with Crippen molar-refractivity contribution in [1.29, 1.82) is 0 Å². The summed E-state index contributed by atoms with van der Waals surface area (Å²) in [6.45, 7) is 0. The van der Waals surface area contributed by atoms with E-state index in [0.717, 1.165) is 0 Å². The van der Waals surface area contributed by atoms with Crippen LogP contribution in [0.15, 0.2) is 0 Å². The first-order valence-corrected chi connectivity index (χ1v) is 2.96. The molecule has 0 bridgehead atoms. The van der Waals surface area contributed by atoms with E-state index in [2.05, 4.69) is 0 Å². The van der Waals surface area contributed by atoms with Gasteiger partial charge in [-0.05, 0) is 0 Å². The van der Waals surface area contributed by atoms with E-state index in [4.69, 9.17) is 15.9 Å². The third kappa shape index (κ3) is 143. The molecule has 0 saturated carbocycles. The Labute approximate surface area is 91.9 Å². The fraction of sp³-hybridized carbons (Fsp3) is 0. The first kappa shape index (κ1) is 22.7. The summed E-state index contributed by atoms with van der Waals surface area (Å²) in [6, 6.07) is 0. The molecule has 0 spiro atoms. The molecule has 0 aliphatic rings. The molecule has 8 heavy (non-hydrogen) atoms. The van der Waals surface area contributed by atoms with Crippen LogP contribution in [0.1, 0.15) is 2.85 Å². The van der Waals surface area contributed by atoms with Gasteiger partial charge in [-0.25, -0.2) is 0 Å². The zero-order valence-electron chi connectivity index (χ0n) is 6.07. The van der Waals surface area contributed by atoms with Crippen molar-refractivity contribution < 1.29 is 24.3 Å². The Kier molecular flexibility index (Phi) is 111. The SMILES string of the molecule is O.[Ca+2].[H-].[H-].[O]=[Al][OH].[O]=[Al][OH]. The molecule has 5 nitrogen and oxygen atoms in total. The Morgan fingerprint density at radius 1 is 1.12 bits per heavy atom. The van der Waals surface area contributed by atoms with Crippen molar-refractivity contribution in [2.45, 2.75) is 0 Å². The predicted molar refractivity (Wildman–Crippen MR) is 28.9 cm³/mol. The van der Waals surface area contributed by atoms with Crippen LogP contribution in [0.3, 0.4) is 0 Å². The van der Waals surface area contributed by atoms with Crippen LogP contribution >= 0.6 is 0 Å². The molecule has 0 aromatic rings. The number of rotatable bonds is 0. The van der Waals surface area contributed by atoms with Gasteiger partial charge >= 0.3 is 84.6 Å². The second-order valence-corrected chi connectivity index (χ2v) is 0.632. The van der Waals surface area contributed by atoms with Crippen LogP contribution in [0.25, 0.3) is 0 Å². The molecule has 0 saturated heterocycles. The van der Waals surface area contributed by atoms with Crippen LogP contribution in [0.4, 0.5) is 0 Å². The predicted octanol–water partition coefficient (Wildman–Crippen LogP) is -3.09. The normalized spacial score (nSPS) is 2.00. The van der Waals surface area contributed by atoms with Crippen LogP contribution in [-0.2, 0) is 7.61 Å². The molecule has 0 rings (SSSR count). The monoisotopic (exact) mass is 180 g/mol. The van der Waals surface area contributed by atoms with Crippen molar-refractivity contribution >= 4 is 68.7 Å². The third-order valence-electron chi connectivity index (χ3n) is 0. The molecule has 0 aliphatic carbocycles. The molecule has 0 unspecified atom stereocenters. The summed E-state index contributed by atoms with van der Waals surface area (Å²) in [5.41, 5.74) is 0. The van der Waals surface area contributed by atoms with E-state index in [1.165, 1.54) is 0 Å². The van der Waals surface area contributed by atoms with Gasteiger partial charge in [-0.15, -0.1) is 0 Å². The summed E-state index contributed by atoms with van der Waals surface area (Å²) in [4.78, 5) is 0. The summed E-state index contributed by atoms with van der Waals surface area (Å²) < 4.78 is 31.3. The van der Waals surface area contributed by atoms with Crippen LogP contribution in [0.5, 0.6) is 0 Å². The van der Waals surface area contributed by atoms with Crippen molar-refractivity contribution in [1.82, 2.24) is 0 Å². The summed E-state index contributed by atoms with van der Waals surface area (Å²) >= 11 is -3.00. The maximum atomic E-state index is 8.57. The fourth-order valence-electron chi connectivity index (χ4n) is 0. The zero-order chi connectivity index (χ0) is 5.41. The van der Waals surface area contributed by atoms with Crippen LogP contribution in [0.2, 0.25) is 0 Å². The van der Waals surface area contributed by atoms with Crippen molar-refractivity contribution in [2.24, 2.45) is 0 Å². The van der Waals surface area contributed by atoms with Gasteiger partial charge < -0.3 is 8.33 Å². The molecule has 0 atom stereocenters. The minimum atomic E-state index is -1.50. The van der Waals surface area contributed by atoms with Crippen LogP contribution < -0.4 is 0 Å². The first-order chi connectivity index (χ1) is 2.83. The topological polar surface area (TPSA) is 106 Å². The van der Waals surface area contributed by atoms with Gasteiger partial charge in [0, 0.05) is 0 Å². The average molecular weight is 180 g/mol. The standard InChI is InChI=1S/2Al.Ca.3H2O.2O.2H/h;;;3*1H2;;;;/q2*+1;+2;;;;;;2*-1/p-2. The average Bonchev–Trinajstić information content (AvgIpc) is 1.39. The Bertz CT molecular complexity index is 38.6. The third-order valence-corrected chi connectivity index (χ3v) is 0.